The van der Waals surface area contributed by atoms with Crippen LogP contribution < -0.4 is 0 Å². The number of amides is 1. The SMILES string of the molecule is CCCCCCCCC1CCCC(C)N1C(=O)OC. The second-order valence-corrected chi connectivity index (χ2v) is 5.87. The minimum absolute atomic E-state index is 0.136. The maximum absolute atomic E-state index is 11.9. The van der Waals surface area contributed by atoms with E-state index >= 15 is 0 Å². The molecule has 1 fully saturated rings. The highest BCUT2D eigenvalue weighted by Gasteiger charge is 2.31. The summed E-state index contributed by atoms with van der Waals surface area (Å²) in [5, 5.41) is 0. The average molecular weight is 269 g/mol. The second-order valence-electron chi connectivity index (χ2n) is 5.87. The van der Waals surface area contributed by atoms with Crippen molar-refractivity contribution in [1.29, 1.82) is 0 Å². The van der Waals surface area contributed by atoms with Gasteiger partial charge in [0.05, 0.1) is 7.11 Å². The van der Waals surface area contributed by atoms with Crippen LogP contribution in [0.5, 0.6) is 0 Å². The average Bonchev–Trinajstić information content (AvgIpc) is 2.42. The Labute approximate surface area is 118 Å². The highest BCUT2D eigenvalue weighted by Crippen LogP contribution is 2.27. The first-order valence-corrected chi connectivity index (χ1v) is 8.07. The Kier molecular flexibility index (Phi) is 7.92. The molecule has 3 nitrogen and oxygen atoms in total. The molecule has 1 amide bonds. The van der Waals surface area contributed by atoms with Gasteiger partial charge in [-0.05, 0) is 32.6 Å². The van der Waals surface area contributed by atoms with Gasteiger partial charge in [-0.3, -0.25) is 0 Å². The molecule has 0 N–H and O–H groups in total. The minimum Gasteiger partial charge on any atom is -0.453 e. The Morgan fingerprint density at radius 3 is 2.53 bits per heavy atom. The summed E-state index contributed by atoms with van der Waals surface area (Å²) in [7, 11) is 1.49. The molecule has 2 unspecified atom stereocenters. The van der Waals surface area contributed by atoms with Crippen molar-refractivity contribution >= 4 is 6.09 Å². The quantitative estimate of drug-likeness (QED) is 0.624. The number of unbranched alkanes of at least 4 members (excludes halogenated alkanes) is 5. The number of piperidine rings is 1. The van der Waals surface area contributed by atoms with E-state index in [1.807, 2.05) is 4.90 Å². The lowest BCUT2D eigenvalue weighted by Gasteiger charge is -2.39. The fourth-order valence-corrected chi connectivity index (χ4v) is 3.17. The van der Waals surface area contributed by atoms with Crippen LogP contribution in [0.2, 0.25) is 0 Å². The molecule has 3 heteroatoms. The zero-order valence-electron chi connectivity index (χ0n) is 13.0. The summed E-state index contributed by atoms with van der Waals surface area (Å²) < 4.78 is 4.94. The molecule has 0 aliphatic carbocycles. The van der Waals surface area contributed by atoms with Crippen LogP contribution in [0.15, 0.2) is 0 Å². The Morgan fingerprint density at radius 1 is 1.16 bits per heavy atom. The minimum atomic E-state index is -0.136. The Balaban J connectivity index is 2.30. The van der Waals surface area contributed by atoms with E-state index in [-0.39, 0.29) is 6.09 Å². The Bertz CT molecular complexity index is 255. The van der Waals surface area contributed by atoms with Crippen molar-refractivity contribution < 1.29 is 9.53 Å². The maximum atomic E-state index is 11.9. The molecule has 0 bridgehead atoms. The van der Waals surface area contributed by atoms with E-state index < -0.39 is 0 Å². The molecular formula is C16H31NO2. The number of ether oxygens (including phenoxy) is 1. The molecule has 112 valence electrons. The second kappa shape index (κ2) is 9.22. The van der Waals surface area contributed by atoms with Gasteiger partial charge in [0.1, 0.15) is 0 Å². The Morgan fingerprint density at radius 2 is 1.84 bits per heavy atom. The van der Waals surface area contributed by atoms with Gasteiger partial charge in [-0.25, -0.2) is 4.79 Å². The van der Waals surface area contributed by atoms with Gasteiger partial charge >= 0.3 is 6.09 Å². The monoisotopic (exact) mass is 269 g/mol. The van der Waals surface area contributed by atoms with Gasteiger partial charge in [-0.15, -0.1) is 0 Å². The van der Waals surface area contributed by atoms with Gasteiger partial charge in [-0.1, -0.05) is 45.4 Å². The van der Waals surface area contributed by atoms with E-state index in [0.717, 1.165) is 19.3 Å². The molecule has 0 radical (unpaired) electrons. The van der Waals surface area contributed by atoms with E-state index in [4.69, 9.17) is 4.74 Å². The van der Waals surface area contributed by atoms with E-state index in [2.05, 4.69) is 13.8 Å². The fourth-order valence-electron chi connectivity index (χ4n) is 3.17. The fraction of sp³-hybridized carbons (Fsp3) is 0.938. The topological polar surface area (TPSA) is 29.5 Å². The molecule has 1 aliphatic rings. The molecule has 1 heterocycles. The smallest absolute Gasteiger partial charge is 0.409 e. The highest BCUT2D eigenvalue weighted by molar-refractivity contribution is 5.68. The van der Waals surface area contributed by atoms with Crippen molar-refractivity contribution in [1.82, 2.24) is 4.90 Å². The summed E-state index contributed by atoms with van der Waals surface area (Å²) in [5.41, 5.74) is 0. The number of hydrogen-bond acceptors (Lipinski definition) is 2. The molecule has 19 heavy (non-hydrogen) atoms. The largest absolute Gasteiger partial charge is 0.453 e. The van der Waals surface area contributed by atoms with Crippen LogP contribution >= 0.6 is 0 Å². The molecule has 1 rings (SSSR count). The van der Waals surface area contributed by atoms with Gasteiger partial charge < -0.3 is 9.64 Å². The third-order valence-electron chi connectivity index (χ3n) is 4.30. The van der Waals surface area contributed by atoms with E-state index in [9.17, 15) is 4.79 Å². The summed E-state index contributed by atoms with van der Waals surface area (Å²) in [4.78, 5) is 13.8. The van der Waals surface area contributed by atoms with Gasteiger partial charge in [-0.2, -0.15) is 0 Å². The van der Waals surface area contributed by atoms with Gasteiger partial charge in [0, 0.05) is 12.1 Å². The van der Waals surface area contributed by atoms with Crippen LogP contribution in [0.3, 0.4) is 0 Å². The normalized spacial score (nSPS) is 23.4. The first kappa shape index (κ1) is 16.3. The van der Waals surface area contributed by atoms with E-state index in [1.54, 1.807) is 0 Å². The van der Waals surface area contributed by atoms with Crippen LogP contribution in [0.1, 0.15) is 78.1 Å². The number of carbonyl (C=O) groups is 1. The van der Waals surface area contributed by atoms with Gasteiger partial charge in [0.2, 0.25) is 0 Å². The molecule has 0 aromatic heterocycles. The molecule has 1 aliphatic heterocycles. The van der Waals surface area contributed by atoms with Crippen molar-refractivity contribution in [2.75, 3.05) is 7.11 Å². The lowest BCUT2D eigenvalue weighted by atomic mass is 9.93. The Hall–Kier alpha value is -0.730. The summed E-state index contributed by atoms with van der Waals surface area (Å²) in [6.45, 7) is 4.39. The molecule has 2 atom stereocenters. The van der Waals surface area contributed by atoms with Crippen LogP contribution in [0, 0.1) is 0 Å². The standard InChI is InChI=1S/C16H31NO2/c1-4-5-6-7-8-9-12-15-13-10-11-14(2)17(15)16(18)19-3/h14-15H,4-13H2,1-3H3. The maximum Gasteiger partial charge on any atom is 0.409 e. The van der Waals surface area contributed by atoms with Crippen LogP contribution in [-0.4, -0.2) is 30.2 Å². The van der Waals surface area contributed by atoms with Crippen molar-refractivity contribution in [3.8, 4) is 0 Å². The van der Waals surface area contributed by atoms with Crippen LogP contribution in [0.4, 0.5) is 4.79 Å². The summed E-state index contributed by atoms with van der Waals surface area (Å²) in [5.74, 6) is 0. The number of methoxy groups -OCH3 is 1. The summed E-state index contributed by atoms with van der Waals surface area (Å²) in [6, 6.07) is 0.744. The molecule has 0 aromatic rings. The number of nitrogens with zero attached hydrogens (tertiary/aromatic N) is 1. The predicted octanol–water partition coefficient (Wildman–Crippen LogP) is 4.75. The number of likely N-dealkylation sites (tertiary alicyclic amines) is 1. The first-order valence-electron chi connectivity index (χ1n) is 8.07. The number of hydrogen-bond donors (Lipinski definition) is 0. The zero-order chi connectivity index (χ0) is 14.1. The number of carbonyl (C=O) groups excluding carboxylic acids is 1. The van der Waals surface area contributed by atoms with E-state index in [0.29, 0.717) is 12.1 Å². The highest BCUT2D eigenvalue weighted by atomic mass is 16.5. The molecular weight excluding hydrogens is 238 g/mol. The molecule has 1 saturated heterocycles. The molecule has 0 spiro atoms. The van der Waals surface area contributed by atoms with E-state index in [1.165, 1.54) is 52.1 Å². The van der Waals surface area contributed by atoms with Crippen molar-refractivity contribution in [2.24, 2.45) is 0 Å². The van der Waals surface area contributed by atoms with Gasteiger partial charge in [0.15, 0.2) is 0 Å². The van der Waals surface area contributed by atoms with Crippen molar-refractivity contribution in [3.05, 3.63) is 0 Å². The third-order valence-corrected chi connectivity index (χ3v) is 4.30. The van der Waals surface area contributed by atoms with Crippen LogP contribution in [0.25, 0.3) is 0 Å². The first-order chi connectivity index (χ1) is 9.20. The van der Waals surface area contributed by atoms with Crippen LogP contribution in [-0.2, 0) is 4.74 Å². The van der Waals surface area contributed by atoms with Crippen molar-refractivity contribution in [2.45, 2.75) is 90.1 Å². The summed E-state index contributed by atoms with van der Waals surface area (Å²) >= 11 is 0. The molecule has 0 saturated carbocycles. The van der Waals surface area contributed by atoms with Crippen molar-refractivity contribution in [3.63, 3.8) is 0 Å². The summed E-state index contributed by atoms with van der Waals surface area (Å²) in [6.07, 6.45) is 12.4. The number of rotatable bonds is 7. The lowest BCUT2D eigenvalue weighted by Crippen LogP contribution is -2.48. The molecule has 0 aromatic carbocycles. The van der Waals surface area contributed by atoms with Gasteiger partial charge in [0.25, 0.3) is 0 Å². The zero-order valence-corrected chi connectivity index (χ0v) is 13.0. The lowest BCUT2D eigenvalue weighted by molar-refractivity contribution is 0.0600. The predicted molar refractivity (Wildman–Crippen MR) is 79.3 cm³/mol. The third kappa shape index (κ3) is 5.42.